The van der Waals surface area contributed by atoms with E-state index in [9.17, 15) is 19.1 Å². The second-order valence-corrected chi connectivity index (χ2v) is 7.06. The van der Waals surface area contributed by atoms with Crippen molar-refractivity contribution in [1.29, 1.82) is 0 Å². The number of ketones is 1. The largest absolute Gasteiger partial charge is 0.507 e. The number of carbonyl (C=O) groups excluding carboxylic acids is 2. The van der Waals surface area contributed by atoms with Gasteiger partial charge in [0.15, 0.2) is 0 Å². The number of aryl methyl sites for hydroxylation is 1. The van der Waals surface area contributed by atoms with Crippen LogP contribution in [0.5, 0.6) is 0 Å². The molecular weight excluding hydrogens is 385 g/mol. The number of Topliss-reactive ketones (excluding diaryl/α,β-unsaturated/α-hetero) is 1. The predicted octanol–water partition coefficient (Wildman–Crippen LogP) is 3.53. The minimum Gasteiger partial charge on any atom is -0.507 e. The Bertz CT molecular complexity index is 1080. The quantitative estimate of drug-likeness (QED) is 0.387. The zero-order valence-electron chi connectivity index (χ0n) is 16.1. The number of carbonyl (C=O) groups is 2. The number of hydrogen-bond donors (Lipinski definition) is 1. The first-order valence-electron chi connectivity index (χ1n) is 9.61. The molecular formula is C23H20FN3O3. The van der Waals surface area contributed by atoms with Crippen molar-refractivity contribution in [1.82, 2.24) is 14.5 Å². The molecule has 1 saturated heterocycles. The number of aromatic nitrogens is 2. The zero-order valence-corrected chi connectivity index (χ0v) is 16.1. The SMILES string of the molecule is O=C1C(=O)N(CCCn2ccnc2)[C@H](c2ccc(F)cc2)/C1=C(\O)c1ccccc1. The van der Waals surface area contributed by atoms with Gasteiger partial charge in [0.2, 0.25) is 0 Å². The molecule has 6 nitrogen and oxygen atoms in total. The Morgan fingerprint density at radius 2 is 1.77 bits per heavy atom. The van der Waals surface area contributed by atoms with Gasteiger partial charge in [0.25, 0.3) is 11.7 Å². The predicted molar refractivity (Wildman–Crippen MR) is 109 cm³/mol. The molecule has 1 amide bonds. The van der Waals surface area contributed by atoms with Crippen LogP contribution in [0.15, 0.2) is 78.9 Å². The van der Waals surface area contributed by atoms with Crippen LogP contribution in [0.2, 0.25) is 0 Å². The summed E-state index contributed by atoms with van der Waals surface area (Å²) in [6.45, 7) is 0.925. The summed E-state index contributed by atoms with van der Waals surface area (Å²) in [6.07, 6.45) is 5.76. The summed E-state index contributed by atoms with van der Waals surface area (Å²) in [5.74, 6) is -2.07. The average molecular weight is 405 g/mol. The molecule has 2 aromatic carbocycles. The van der Waals surface area contributed by atoms with Crippen LogP contribution in [-0.4, -0.2) is 37.8 Å². The third kappa shape index (κ3) is 3.74. The molecule has 1 aromatic heterocycles. The van der Waals surface area contributed by atoms with Crippen LogP contribution in [0.25, 0.3) is 5.76 Å². The smallest absolute Gasteiger partial charge is 0.295 e. The number of likely N-dealkylation sites (tertiary alicyclic amines) is 1. The van der Waals surface area contributed by atoms with Crippen LogP contribution < -0.4 is 0 Å². The van der Waals surface area contributed by atoms with Crippen molar-refractivity contribution >= 4 is 17.4 Å². The van der Waals surface area contributed by atoms with Crippen molar-refractivity contribution < 1.29 is 19.1 Å². The number of aliphatic hydroxyl groups excluding tert-OH is 1. The summed E-state index contributed by atoms with van der Waals surface area (Å²) in [4.78, 5) is 31.1. The summed E-state index contributed by atoms with van der Waals surface area (Å²) < 4.78 is 15.4. The highest BCUT2D eigenvalue weighted by Crippen LogP contribution is 2.39. The normalized spacial score (nSPS) is 18.2. The molecule has 7 heteroatoms. The van der Waals surface area contributed by atoms with Crippen molar-refractivity contribution in [3.8, 4) is 0 Å². The molecule has 0 aliphatic carbocycles. The van der Waals surface area contributed by atoms with Gasteiger partial charge in [-0.2, -0.15) is 0 Å². The zero-order chi connectivity index (χ0) is 21.1. The Kier molecular flexibility index (Phi) is 5.43. The summed E-state index contributed by atoms with van der Waals surface area (Å²) in [6, 6.07) is 13.5. The van der Waals surface area contributed by atoms with Crippen LogP contribution in [0.3, 0.4) is 0 Å². The van der Waals surface area contributed by atoms with Gasteiger partial charge in [0.1, 0.15) is 11.6 Å². The van der Waals surface area contributed by atoms with Crippen molar-refractivity contribution in [2.45, 2.75) is 19.0 Å². The Hall–Kier alpha value is -3.74. The highest BCUT2D eigenvalue weighted by atomic mass is 19.1. The minimum absolute atomic E-state index is 0.0143. The first-order chi connectivity index (χ1) is 14.6. The van der Waals surface area contributed by atoms with E-state index in [1.165, 1.54) is 29.2 Å². The van der Waals surface area contributed by atoms with Gasteiger partial charge in [-0.15, -0.1) is 0 Å². The van der Waals surface area contributed by atoms with E-state index in [1.807, 2.05) is 10.8 Å². The van der Waals surface area contributed by atoms with E-state index in [0.717, 1.165) is 0 Å². The minimum atomic E-state index is -0.784. The van der Waals surface area contributed by atoms with Crippen molar-refractivity contribution in [2.24, 2.45) is 0 Å². The van der Waals surface area contributed by atoms with E-state index >= 15 is 0 Å². The lowest BCUT2D eigenvalue weighted by atomic mass is 9.95. The highest BCUT2D eigenvalue weighted by Gasteiger charge is 2.45. The lowest BCUT2D eigenvalue weighted by Gasteiger charge is -2.25. The van der Waals surface area contributed by atoms with E-state index in [2.05, 4.69) is 4.98 Å². The number of hydrogen-bond acceptors (Lipinski definition) is 4. The molecule has 1 atom stereocenters. The van der Waals surface area contributed by atoms with E-state index in [4.69, 9.17) is 0 Å². The lowest BCUT2D eigenvalue weighted by molar-refractivity contribution is -0.139. The molecule has 4 rings (SSSR count). The van der Waals surface area contributed by atoms with E-state index in [-0.39, 0.29) is 11.3 Å². The average Bonchev–Trinajstić information content (AvgIpc) is 3.37. The molecule has 1 fully saturated rings. The molecule has 1 aliphatic heterocycles. The monoisotopic (exact) mass is 405 g/mol. The number of rotatable bonds is 6. The molecule has 30 heavy (non-hydrogen) atoms. The van der Waals surface area contributed by atoms with Gasteiger partial charge in [-0.1, -0.05) is 42.5 Å². The number of amides is 1. The highest BCUT2D eigenvalue weighted by molar-refractivity contribution is 6.46. The van der Waals surface area contributed by atoms with Gasteiger partial charge in [-0.05, 0) is 24.1 Å². The summed E-state index contributed by atoms with van der Waals surface area (Å²) in [7, 11) is 0. The van der Waals surface area contributed by atoms with Crippen LogP contribution in [0.1, 0.15) is 23.6 Å². The molecule has 0 unspecified atom stereocenters. The van der Waals surface area contributed by atoms with Gasteiger partial charge >= 0.3 is 0 Å². The fourth-order valence-corrected chi connectivity index (χ4v) is 3.70. The molecule has 2 heterocycles. The Morgan fingerprint density at radius 1 is 1.03 bits per heavy atom. The first kappa shape index (κ1) is 19.6. The Balaban J connectivity index is 1.72. The third-order valence-electron chi connectivity index (χ3n) is 5.15. The molecule has 0 saturated carbocycles. The topological polar surface area (TPSA) is 75.4 Å². The molecule has 1 N–H and O–H groups in total. The maximum absolute atomic E-state index is 13.5. The number of nitrogens with zero attached hydrogens (tertiary/aromatic N) is 3. The van der Waals surface area contributed by atoms with E-state index < -0.39 is 23.5 Å². The van der Waals surface area contributed by atoms with E-state index in [1.54, 1.807) is 42.9 Å². The summed E-state index contributed by atoms with van der Waals surface area (Å²) in [5, 5.41) is 10.9. The van der Waals surface area contributed by atoms with Crippen molar-refractivity contribution in [3.63, 3.8) is 0 Å². The molecule has 0 spiro atoms. The maximum Gasteiger partial charge on any atom is 0.295 e. The van der Waals surface area contributed by atoms with Gasteiger partial charge in [-0.25, -0.2) is 9.37 Å². The second-order valence-electron chi connectivity index (χ2n) is 7.06. The van der Waals surface area contributed by atoms with Crippen molar-refractivity contribution in [2.75, 3.05) is 6.54 Å². The summed E-state index contributed by atoms with van der Waals surface area (Å²) >= 11 is 0. The Labute approximate surface area is 172 Å². The fourth-order valence-electron chi connectivity index (χ4n) is 3.70. The Morgan fingerprint density at radius 3 is 2.43 bits per heavy atom. The number of imidazole rings is 1. The molecule has 152 valence electrons. The van der Waals surface area contributed by atoms with Crippen LogP contribution >= 0.6 is 0 Å². The van der Waals surface area contributed by atoms with E-state index in [0.29, 0.717) is 30.6 Å². The maximum atomic E-state index is 13.5. The first-order valence-corrected chi connectivity index (χ1v) is 9.61. The van der Waals surface area contributed by atoms with Crippen molar-refractivity contribution in [3.05, 3.63) is 95.8 Å². The fraction of sp³-hybridized carbons (Fsp3) is 0.174. The summed E-state index contributed by atoms with van der Waals surface area (Å²) in [5.41, 5.74) is 1.03. The second kappa shape index (κ2) is 8.32. The number of aliphatic hydroxyl groups is 1. The molecule has 0 bridgehead atoms. The lowest BCUT2D eigenvalue weighted by Crippen LogP contribution is -2.31. The number of benzene rings is 2. The van der Waals surface area contributed by atoms with Gasteiger partial charge in [0, 0.05) is 31.0 Å². The van der Waals surface area contributed by atoms with Crippen LogP contribution in [0.4, 0.5) is 4.39 Å². The molecule has 0 radical (unpaired) electrons. The third-order valence-corrected chi connectivity index (χ3v) is 5.15. The van der Waals surface area contributed by atoms with Gasteiger partial charge in [0.05, 0.1) is 17.9 Å². The standard InChI is InChI=1S/C23H20FN3O3/c24-18-9-7-16(8-10-18)20-19(21(28)17-5-2-1-3-6-17)22(29)23(30)27(20)13-4-12-26-14-11-25-15-26/h1-3,5-11,14-15,20,28H,4,12-13H2/b21-19+/t20-/m1/s1. The van der Waals surface area contributed by atoms with Gasteiger partial charge < -0.3 is 14.6 Å². The van der Waals surface area contributed by atoms with Gasteiger partial charge in [-0.3, -0.25) is 9.59 Å². The van der Waals surface area contributed by atoms with Crippen LogP contribution in [0, 0.1) is 5.82 Å². The van der Waals surface area contributed by atoms with Crippen LogP contribution in [-0.2, 0) is 16.1 Å². The number of halogens is 1. The molecule has 1 aliphatic rings. The molecule has 3 aromatic rings.